The lowest BCUT2D eigenvalue weighted by Gasteiger charge is -2.16. The van der Waals surface area contributed by atoms with Gasteiger partial charge in [-0.15, -0.1) is 24.8 Å². The molecule has 0 radical (unpaired) electrons. The lowest BCUT2D eigenvalue weighted by molar-refractivity contribution is -0.117. The third kappa shape index (κ3) is 5.13. The maximum atomic E-state index is 12.1. The van der Waals surface area contributed by atoms with Crippen molar-refractivity contribution in [3.8, 4) is 0 Å². The zero-order valence-electron chi connectivity index (χ0n) is 12.7. The lowest BCUT2D eigenvalue weighted by atomic mass is 10.1. The van der Waals surface area contributed by atoms with E-state index in [1.165, 1.54) is 31.5 Å². The van der Waals surface area contributed by atoms with Crippen LogP contribution in [0, 0.1) is 0 Å². The van der Waals surface area contributed by atoms with Crippen molar-refractivity contribution in [2.45, 2.75) is 38.3 Å². The SMILES string of the molecule is Cl.Cl.O=C(Nc1cccc(CN2CCCC2)c1)[C@@H]1CCCN1. The van der Waals surface area contributed by atoms with Gasteiger partial charge in [0, 0.05) is 12.2 Å². The van der Waals surface area contributed by atoms with Crippen LogP contribution in [0.25, 0.3) is 0 Å². The van der Waals surface area contributed by atoms with Crippen LogP contribution in [0.3, 0.4) is 0 Å². The number of nitrogens with zero attached hydrogens (tertiary/aromatic N) is 1. The Kier molecular flexibility index (Phi) is 8.18. The molecule has 2 aliphatic heterocycles. The average molecular weight is 346 g/mol. The van der Waals surface area contributed by atoms with Gasteiger partial charge >= 0.3 is 0 Å². The highest BCUT2D eigenvalue weighted by atomic mass is 35.5. The van der Waals surface area contributed by atoms with E-state index in [-0.39, 0.29) is 36.8 Å². The number of anilines is 1. The summed E-state index contributed by atoms with van der Waals surface area (Å²) < 4.78 is 0. The molecule has 0 unspecified atom stereocenters. The molecule has 2 heterocycles. The number of likely N-dealkylation sites (tertiary alicyclic amines) is 1. The first-order chi connectivity index (χ1) is 9.81. The fourth-order valence-electron chi connectivity index (χ4n) is 3.08. The molecule has 2 saturated heterocycles. The molecule has 1 aromatic rings. The fourth-order valence-corrected chi connectivity index (χ4v) is 3.08. The first-order valence-corrected chi connectivity index (χ1v) is 7.67. The first kappa shape index (κ1) is 19.2. The number of carbonyl (C=O) groups is 1. The zero-order valence-corrected chi connectivity index (χ0v) is 14.3. The second kappa shape index (κ2) is 9.36. The van der Waals surface area contributed by atoms with Gasteiger partial charge in [0.25, 0.3) is 0 Å². The van der Waals surface area contributed by atoms with E-state index < -0.39 is 0 Å². The highest BCUT2D eigenvalue weighted by Crippen LogP contribution is 2.17. The van der Waals surface area contributed by atoms with Gasteiger partial charge < -0.3 is 10.6 Å². The smallest absolute Gasteiger partial charge is 0.241 e. The van der Waals surface area contributed by atoms with Crippen LogP contribution in [0.1, 0.15) is 31.2 Å². The van der Waals surface area contributed by atoms with Crippen LogP contribution >= 0.6 is 24.8 Å². The molecular formula is C16H25Cl2N3O. The Morgan fingerprint density at radius 1 is 1.23 bits per heavy atom. The Morgan fingerprint density at radius 2 is 2.00 bits per heavy atom. The van der Waals surface area contributed by atoms with Gasteiger partial charge in [-0.2, -0.15) is 0 Å². The van der Waals surface area contributed by atoms with Gasteiger partial charge in [-0.25, -0.2) is 0 Å². The molecule has 2 fully saturated rings. The third-order valence-electron chi connectivity index (χ3n) is 4.18. The highest BCUT2D eigenvalue weighted by Gasteiger charge is 2.21. The highest BCUT2D eigenvalue weighted by molar-refractivity contribution is 5.95. The molecule has 3 rings (SSSR count). The topological polar surface area (TPSA) is 44.4 Å². The van der Waals surface area contributed by atoms with Gasteiger partial charge in [-0.05, 0) is 63.0 Å². The number of rotatable bonds is 4. The monoisotopic (exact) mass is 345 g/mol. The van der Waals surface area contributed by atoms with E-state index in [9.17, 15) is 4.79 Å². The van der Waals surface area contributed by atoms with Crippen molar-refractivity contribution in [3.05, 3.63) is 29.8 Å². The molecule has 1 aromatic carbocycles. The van der Waals surface area contributed by atoms with Crippen molar-refractivity contribution in [1.82, 2.24) is 10.2 Å². The number of amides is 1. The van der Waals surface area contributed by atoms with Crippen LogP contribution in [0.2, 0.25) is 0 Å². The van der Waals surface area contributed by atoms with Gasteiger partial charge in [0.05, 0.1) is 6.04 Å². The Labute approximate surface area is 144 Å². The number of halogens is 2. The van der Waals surface area contributed by atoms with E-state index in [4.69, 9.17) is 0 Å². The standard InChI is InChI=1S/C16H23N3O.2ClH/c20-16(15-7-4-8-17-15)18-14-6-3-5-13(11-14)12-19-9-1-2-10-19;;/h3,5-6,11,15,17H,1-2,4,7-10,12H2,(H,18,20);2*1H/t15-;;/m0../s1. The molecular weight excluding hydrogens is 321 g/mol. The summed E-state index contributed by atoms with van der Waals surface area (Å²) >= 11 is 0. The summed E-state index contributed by atoms with van der Waals surface area (Å²) in [5.41, 5.74) is 2.20. The summed E-state index contributed by atoms with van der Waals surface area (Å²) in [6.45, 7) is 4.34. The van der Waals surface area contributed by atoms with Crippen molar-refractivity contribution < 1.29 is 4.79 Å². The van der Waals surface area contributed by atoms with Crippen LogP contribution in [0.5, 0.6) is 0 Å². The van der Waals surface area contributed by atoms with E-state index in [0.29, 0.717) is 0 Å². The summed E-state index contributed by atoms with van der Waals surface area (Å²) in [5.74, 6) is 0.0980. The molecule has 0 spiro atoms. The molecule has 2 N–H and O–H groups in total. The van der Waals surface area contributed by atoms with Gasteiger partial charge in [-0.1, -0.05) is 12.1 Å². The molecule has 6 heteroatoms. The van der Waals surface area contributed by atoms with Crippen molar-refractivity contribution in [1.29, 1.82) is 0 Å². The van der Waals surface area contributed by atoms with E-state index in [1.54, 1.807) is 0 Å². The summed E-state index contributed by atoms with van der Waals surface area (Å²) in [7, 11) is 0. The number of carbonyl (C=O) groups excluding carboxylic acids is 1. The van der Waals surface area contributed by atoms with E-state index >= 15 is 0 Å². The maximum Gasteiger partial charge on any atom is 0.241 e. The molecule has 2 aliphatic rings. The van der Waals surface area contributed by atoms with Crippen LogP contribution in [0.15, 0.2) is 24.3 Å². The summed E-state index contributed by atoms with van der Waals surface area (Å²) in [6, 6.07) is 8.23. The molecule has 4 nitrogen and oxygen atoms in total. The second-order valence-electron chi connectivity index (χ2n) is 5.82. The average Bonchev–Trinajstić information content (AvgIpc) is 3.12. The fraction of sp³-hybridized carbons (Fsp3) is 0.562. The van der Waals surface area contributed by atoms with Gasteiger partial charge in [0.1, 0.15) is 0 Å². The minimum Gasteiger partial charge on any atom is -0.325 e. The first-order valence-electron chi connectivity index (χ1n) is 7.67. The summed E-state index contributed by atoms with van der Waals surface area (Å²) in [5, 5.41) is 6.26. The Hall–Kier alpha value is -0.810. The normalized spacial score (nSPS) is 21.0. The van der Waals surface area contributed by atoms with Crippen molar-refractivity contribution in [2.24, 2.45) is 0 Å². The van der Waals surface area contributed by atoms with Crippen molar-refractivity contribution >= 4 is 36.4 Å². The molecule has 0 bridgehead atoms. The summed E-state index contributed by atoms with van der Waals surface area (Å²) in [6.07, 6.45) is 4.65. The largest absolute Gasteiger partial charge is 0.325 e. The van der Waals surface area contributed by atoms with E-state index in [2.05, 4.69) is 27.7 Å². The maximum absolute atomic E-state index is 12.1. The molecule has 0 aromatic heterocycles. The molecule has 22 heavy (non-hydrogen) atoms. The number of hydrogen-bond acceptors (Lipinski definition) is 3. The Bertz CT molecular complexity index is 472. The van der Waals surface area contributed by atoms with Gasteiger partial charge in [0.15, 0.2) is 0 Å². The van der Waals surface area contributed by atoms with Crippen LogP contribution < -0.4 is 10.6 Å². The molecule has 1 amide bonds. The molecule has 124 valence electrons. The minimum absolute atomic E-state index is 0. The third-order valence-corrected chi connectivity index (χ3v) is 4.18. The lowest BCUT2D eigenvalue weighted by Crippen LogP contribution is -2.35. The number of nitrogens with one attached hydrogen (secondary N) is 2. The quantitative estimate of drug-likeness (QED) is 0.881. The van der Waals surface area contributed by atoms with Crippen molar-refractivity contribution in [3.63, 3.8) is 0 Å². The van der Waals surface area contributed by atoms with Crippen LogP contribution in [0.4, 0.5) is 5.69 Å². The van der Waals surface area contributed by atoms with Crippen molar-refractivity contribution in [2.75, 3.05) is 25.0 Å². The van der Waals surface area contributed by atoms with E-state index in [0.717, 1.165) is 31.6 Å². The van der Waals surface area contributed by atoms with Crippen LogP contribution in [-0.2, 0) is 11.3 Å². The predicted molar refractivity (Wildman–Crippen MR) is 95.1 cm³/mol. The molecule has 1 atom stereocenters. The zero-order chi connectivity index (χ0) is 13.8. The Balaban J connectivity index is 0.00000121. The van der Waals surface area contributed by atoms with Gasteiger partial charge in [0.2, 0.25) is 5.91 Å². The Morgan fingerprint density at radius 3 is 2.68 bits per heavy atom. The van der Waals surface area contributed by atoms with E-state index in [1.807, 2.05) is 12.1 Å². The van der Waals surface area contributed by atoms with Gasteiger partial charge in [-0.3, -0.25) is 9.69 Å². The molecule has 0 aliphatic carbocycles. The molecule has 0 saturated carbocycles. The second-order valence-corrected chi connectivity index (χ2v) is 5.82. The van der Waals surface area contributed by atoms with Crippen LogP contribution in [-0.4, -0.2) is 36.5 Å². The minimum atomic E-state index is -0.0164. The predicted octanol–water partition coefficient (Wildman–Crippen LogP) is 2.82. The number of benzene rings is 1. The number of hydrogen-bond donors (Lipinski definition) is 2. The summed E-state index contributed by atoms with van der Waals surface area (Å²) in [4.78, 5) is 14.6.